The molecule has 2 aliphatic heterocycles. The third-order valence-electron chi connectivity index (χ3n) is 6.28. The second kappa shape index (κ2) is 7.86. The van der Waals surface area contributed by atoms with Crippen LogP contribution in [0.3, 0.4) is 0 Å². The molecule has 0 radical (unpaired) electrons. The lowest BCUT2D eigenvalue weighted by molar-refractivity contribution is -0.196. The van der Waals surface area contributed by atoms with Crippen molar-refractivity contribution in [1.29, 1.82) is 0 Å². The predicted octanol–water partition coefficient (Wildman–Crippen LogP) is 0.823. The van der Waals surface area contributed by atoms with E-state index in [9.17, 15) is 27.6 Å². The van der Waals surface area contributed by atoms with Crippen LogP contribution in [-0.4, -0.2) is 73.2 Å². The summed E-state index contributed by atoms with van der Waals surface area (Å²) in [5.41, 5.74) is -1.76. The summed E-state index contributed by atoms with van der Waals surface area (Å²) < 4.78 is 48.5. The summed E-state index contributed by atoms with van der Waals surface area (Å²) in [6, 6.07) is 3.22. The molecule has 184 valence electrons. The van der Waals surface area contributed by atoms with Crippen LogP contribution in [0.4, 0.5) is 13.2 Å². The monoisotopic (exact) mass is 492 g/mol. The zero-order valence-electron chi connectivity index (χ0n) is 18.5. The molecule has 2 aliphatic rings. The number of rotatable bonds is 6. The Kier molecular flexibility index (Phi) is 5.16. The lowest BCUT2D eigenvalue weighted by Crippen LogP contribution is -2.71. The number of ether oxygens (including phenoxy) is 1. The van der Waals surface area contributed by atoms with Crippen LogP contribution in [0.1, 0.15) is 39.0 Å². The molecule has 3 aromatic rings. The first-order valence-electron chi connectivity index (χ1n) is 10.6. The van der Waals surface area contributed by atoms with Crippen LogP contribution in [0.15, 0.2) is 18.3 Å². The zero-order valence-corrected chi connectivity index (χ0v) is 18.5. The highest BCUT2D eigenvalue weighted by molar-refractivity contribution is 6.43. The van der Waals surface area contributed by atoms with E-state index in [1.165, 1.54) is 17.7 Å². The lowest BCUT2D eigenvalue weighted by Gasteiger charge is -2.45. The normalized spacial score (nSPS) is 18.7. The van der Waals surface area contributed by atoms with Gasteiger partial charge in [0.15, 0.2) is 5.54 Å². The number of aromatic nitrogens is 5. The molecular formula is C21H19F3N6O5. The molecule has 1 N–H and O–H groups in total. The molecule has 0 spiro atoms. The number of nitrogens with zero attached hydrogens (tertiary/aromatic N) is 5. The standard InChI is InChI=1S/C21H19F3N6O5/c1-10-14(16(31)18(32)26-21(8-34-9-21)20(2,23)24)13-6-11(22)7-29(13)15(10)19(33)35-30-17-12(27-28-30)4-3-5-25-17/h3-5,11H,6-9H2,1-2H3,(H,26,32)/t11-/m1/s1. The van der Waals surface area contributed by atoms with E-state index in [4.69, 9.17) is 9.57 Å². The summed E-state index contributed by atoms with van der Waals surface area (Å²) in [6.07, 6.45) is -0.222. The van der Waals surface area contributed by atoms with Crippen LogP contribution in [0, 0.1) is 6.92 Å². The van der Waals surface area contributed by atoms with Gasteiger partial charge in [-0.3, -0.25) is 9.59 Å². The number of carbonyl (C=O) groups is 3. The summed E-state index contributed by atoms with van der Waals surface area (Å²) in [4.78, 5) is 48.9. The molecule has 11 nitrogen and oxygen atoms in total. The highest BCUT2D eigenvalue weighted by atomic mass is 19.3. The number of Topliss-reactive ketones (excluding diaryl/α,β-unsaturated/α-hetero) is 1. The topological polar surface area (TPSA) is 130 Å². The number of carbonyl (C=O) groups excluding carboxylic acids is 3. The Morgan fingerprint density at radius 3 is 2.71 bits per heavy atom. The van der Waals surface area contributed by atoms with Gasteiger partial charge >= 0.3 is 5.97 Å². The third kappa shape index (κ3) is 3.55. The minimum Gasteiger partial charge on any atom is -0.376 e. The summed E-state index contributed by atoms with van der Waals surface area (Å²) in [5, 5.41) is 9.62. The maximum atomic E-state index is 14.3. The lowest BCUT2D eigenvalue weighted by atomic mass is 9.89. The Hall–Kier alpha value is -3.81. The summed E-state index contributed by atoms with van der Waals surface area (Å²) in [6.45, 7) is 0.825. The average molecular weight is 492 g/mol. The van der Waals surface area contributed by atoms with Gasteiger partial charge in [0.1, 0.15) is 17.4 Å². The quantitative estimate of drug-likeness (QED) is 0.304. The third-order valence-corrected chi connectivity index (χ3v) is 6.28. The molecule has 0 aromatic carbocycles. The largest absolute Gasteiger partial charge is 0.382 e. The van der Waals surface area contributed by atoms with Crippen LogP contribution < -0.4 is 10.2 Å². The first kappa shape index (κ1) is 23.0. The molecule has 1 amide bonds. The van der Waals surface area contributed by atoms with Gasteiger partial charge in [-0.2, -0.15) is 0 Å². The highest BCUT2D eigenvalue weighted by Crippen LogP contribution is 2.35. The number of nitrogens with one attached hydrogen (secondary N) is 1. The van der Waals surface area contributed by atoms with Crippen LogP contribution in [0.25, 0.3) is 11.2 Å². The summed E-state index contributed by atoms with van der Waals surface area (Å²) in [7, 11) is 0. The molecule has 1 saturated heterocycles. The van der Waals surface area contributed by atoms with Crippen molar-refractivity contribution in [3.8, 4) is 0 Å². The van der Waals surface area contributed by atoms with Crippen molar-refractivity contribution in [2.45, 2.75) is 44.4 Å². The number of hydrogen-bond acceptors (Lipinski definition) is 8. The molecule has 14 heteroatoms. The van der Waals surface area contributed by atoms with Gasteiger partial charge in [-0.1, -0.05) is 0 Å². The van der Waals surface area contributed by atoms with E-state index < -0.39 is 48.5 Å². The van der Waals surface area contributed by atoms with Crippen molar-refractivity contribution in [3.63, 3.8) is 0 Å². The fraction of sp³-hybridized carbons (Fsp3) is 0.429. The first-order valence-corrected chi connectivity index (χ1v) is 10.6. The number of alkyl halides is 3. The van der Waals surface area contributed by atoms with Crippen LogP contribution in [-0.2, 0) is 22.5 Å². The Morgan fingerprint density at radius 1 is 1.31 bits per heavy atom. The Morgan fingerprint density at radius 2 is 2.06 bits per heavy atom. The molecule has 0 unspecified atom stereocenters. The van der Waals surface area contributed by atoms with E-state index in [0.29, 0.717) is 12.4 Å². The molecule has 35 heavy (non-hydrogen) atoms. The van der Waals surface area contributed by atoms with Gasteiger partial charge in [0.2, 0.25) is 5.65 Å². The van der Waals surface area contributed by atoms with Crippen molar-refractivity contribution in [3.05, 3.63) is 40.8 Å². The molecule has 3 aromatic heterocycles. The Balaban J connectivity index is 1.47. The number of amides is 1. The van der Waals surface area contributed by atoms with Gasteiger partial charge in [-0.15, -0.1) is 5.10 Å². The van der Waals surface area contributed by atoms with E-state index in [2.05, 4.69) is 20.6 Å². The second-order valence-electron chi connectivity index (χ2n) is 8.64. The zero-order chi connectivity index (χ0) is 25.1. The molecule has 1 atom stereocenters. The Labute approximate surface area is 195 Å². The van der Waals surface area contributed by atoms with Crippen LogP contribution in [0.2, 0.25) is 0 Å². The van der Waals surface area contributed by atoms with Gasteiger partial charge in [0, 0.05) is 25.2 Å². The van der Waals surface area contributed by atoms with Crippen molar-refractivity contribution in [1.82, 2.24) is 30.0 Å². The second-order valence-corrected chi connectivity index (χ2v) is 8.64. The SMILES string of the molecule is Cc1c(C(=O)C(=O)NC2(C(C)(F)F)COC2)c2n(c1C(=O)On1nnc3cccnc31)C[C@H](F)C2. The van der Waals surface area contributed by atoms with E-state index >= 15 is 0 Å². The number of hydrogen-bond donors (Lipinski definition) is 1. The predicted molar refractivity (Wildman–Crippen MR) is 111 cm³/mol. The number of fused-ring (bicyclic) bond motifs is 2. The smallest absolute Gasteiger partial charge is 0.376 e. The van der Waals surface area contributed by atoms with E-state index in [-0.39, 0.29) is 41.1 Å². The van der Waals surface area contributed by atoms with E-state index in [1.54, 1.807) is 12.1 Å². The summed E-state index contributed by atoms with van der Waals surface area (Å²) >= 11 is 0. The van der Waals surface area contributed by atoms with Crippen LogP contribution in [0.5, 0.6) is 0 Å². The number of ketones is 1. The van der Waals surface area contributed by atoms with Crippen molar-refractivity contribution in [2.24, 2.45) is 0 Å². The minimum absolute atomic E-state index is 0.0524. The van der Waals surface area contributed by atoms with Gasteiger partial charge in [0.25, 0.3) is 17.6 Å². The van der Waals surface area contributed by atoms with Crippen molar-refractivity contribution in [2.75, 3.05) is 13.2 Å². The molecule has 5 rings (SSSR count). The van der Waals surface area contributed by atoms with Gasteiger partial charge in [-0.25, -0.2) is 22.9 Å². The van der Waals surface area contributed by atoms with Gasteiger partial charge < -0.3 is 19.5 Å². The van der Waals surface area contributed by atoms with Crippen molar-refractivity contribution >= 4 is 28.8 Å². The fourth-order valence-electron chi connectivity index (χ4n) is 4.32. The molecule has 0 saturated carbocycles. The maximum Gasteiger partial charge on any atom is 0.382 e. The molecule has 0 aliphatic carbocycles. The van der Waals surface area contributed by atoms with Gasteiger partial charge in [-0.05, 0) is 34.7 Å². The van der Waals surface area contributed by atoms with Crippen LogP contribution >= 0.6 is 0 Å². The Bertz CT molecular complexity index is 1370. The van der Waals surface area contributed by atoms with Gasteiger partial charge in [0.05, 0.1) is 25.3 Å². The van der Waals surface area contributed by atoms with E-state index in [0.717, 1.165) is 4.85 Å². The number of halogens is 3. The highest BCUT2D eigenvalue weighted by Gasteiger charge is 2.57. The molecule has 5 heterocycles. The average Bonchev–Trinajstić information content (AvgIpc) is 3.40. The summed E-state index contributed by atoms with van der Waals surface area (Å²) in [5.74, 6) is -6.81. The molecular weight excluding hydrogens is 473 g/mol. The molecule has 0 bridgehead atoms. The molecule has 1 fully saturated rings. The minimum atomic E-state index is -3.35. The fourth-order valence-corrected chi connectivity index (χ4v) is 4.32. The maximum absolute atomic E-state index is 14.3. The number of pyridine rings is 1. The first-order chi connectivity index (χ1) is 16.5. The van der Waals surface area contributed by atoms with Crippen molar-refractivity contribution < 1.29 is 37.1 Å². The van der Waals surface area contributed by atoms with E-state index in [1.807, 2.05) is 0 Å².